The van der Waals surface area contributed by atoms with Crippen molar-refractivity contribution in [3.63, 3.8) is 0 Å². The topological polar surface area (TPSA) is 68.7 Å². The van der Waals surface area contributed by atoms with E-state index in [0.717, 1.165) is 17.5 Å². The van der Waals surface area contributed by atoms with E-state index in [1.807, 2.05) is 26.0 Å². The maximum atomic E-state index is 12.7. The molecule has 1 N–H and O–H groups in total. The van der Waals surface area contributed by atoms with Crippen molar-refractivity contribution in [2.24, 2.45) is 0 Å². The second-order valence-corrected chi connectivity index (χ2v) is 6.93. The van der Waals surface area contributed by atoms with E-state index < -0.39 is 0 Å². The summed E-state index contributed by atoms with van der Waals surface area (Å²) < 4.78 is 1.42. The van der Waals surface area contributed by atoms with Crippen molar-refractivity contribution in [3.8, 4) is 0 Å². The first-order chi connectivity index (χ1) is 13.4. The summed E-state index contributed by atoms with van der Waals surface area (Å²) in [6, 6.07) is 9.46. The predicted molar refractivity (Wildman–Crippen MR) is 116 cm³/mol. The summed E-state index contributed by atoms with van der Waals surface area (Å²) in [7, 11) is 0. The van der Waals surface area contributed by atoms with E-state index in [4.69, 9.17) is 12.0 Å². The van der Waals surface area contributed by atoms with E-state index in [1.54, 1.807) is 25.3 Å². The second-order valence-electron chi connectivity index (χ2n) is 6.93. The molecule has 1 aliphatic rings. The van der Waals surface area contributed by atoms with E-state index in [2.05, 4.69) is 22.8 Å². The summed E-state index contributed by atoms with van der Waals surface area (Å²) in [5.41, 5.74) is 4.71. The molecule has 29 heavy (non-hydrogen) atoms. The number of hydrogen-bond acceptors (Lipinski definition) is 3. The van der Waals surface area contributed by atoms with E-state index >= 15 is 0 Å². The molecule has 0 aliphatic heterocycles. The van der Waals surface area contributed by atoms with Gasteiger partial charge in [-0.3, -0.25) is 9.20 Å². The number of aromatic nitrogens is 2. The second kappa shape index (κ2) is 9.73. The van der Waals surface area contributed by atoms with Crippen molar-refractivity contribution in [3.05, 3.63) is 87.5 Å². The molecule has 0 atom stereocenters. The van der Waals surface area contributed by atoms with Gasteiger partial charge in [-0.2, -0.15) is 0 Å². The molecule has 0 bridgehead atoms. The third-order valence-corrected chi connectivity index (χ3v) is 4.44. The first kappa shape index (κ1) is 22.7. The Balaban J connectivity index is 0.000000687. The Kier molecular flexibility index (Phi) is 7.61. The van der Waals surface area contributed by atoms with Crippen LogP contribution in [0.15, 0.2) is 41.3 Å². The molecule has 1 aromatic carbocycles. The van der Waals surface area contributed by atoms with E-state index in [1.165, 1.54) is 22.8 Å². The third kappa shape index (κ3) is 5.47. The molecule has 1 saturated carbocycles. The van der Waals surface area contributed by atoms with Crippen LogP contribution in [0.2, 0.25) is 0 Å². The first-order valence-corrected chi connectivity index (χ1v) is 9.20. The zero-order chi connectivity index (χ0) is 20.3. The minimum Gasteiger partial charge on any atom is -0.879 e. The molecule has 0 spiro atoms. The summed E-state index contributed by atoms with van der Waals surface area (Å²) >= 11 is 0. The predicted octanol–water partition coefficient (Wildman–Crippen LogP) is 1.81. The molecule has 5 nitrogen and oxygen atoms in total. The van der Waals surface area contributed by atoms with Crippen molar-refractivity contribution >= 4 is 28.9 Å². The largest absolute Gasteiger partial charge is 1.00 e. The van der Waals surface area contributed by atoms with Crippen LogP contribution in [0.5, 0.6) is 0 Å². The normalized spacial score (nSPS) is 11.7. The smallest absolute Gasteiger partial charge is 0.879 e. The fraction of sp³-hybridized carbons (Fsp3) is 0.217. The van der Waals surface area contributed by atoms with Gasteiger partial charge in [0.2, 0.25) is 0 Å². The number of fused-ring (bicyclic) bond motifs is 1. The number of aryl methyl sites for hydroxylation is 2. The van der Waals surface area contributed by atoms with Crippen LogP contribution < -0.4 is 29.7 Å². The third-order valence-electron chi connectivity index (χ3n) is 4.44. The minimum atomic E-state index is -0.190. The van der Waals surface area contributed by atoms with Crippen LogP contribution in [-0.2, 0) is 0 Å². The number of hydrogen-bond donors (Lipinski definition) is 1. The fourth-order valence-electron chi connectivity index (χ4n) is 2.68. The molecule has 4 rings (SSSR count). The summed E-state index contributed by atoms with van der Waals surface area (Å²) in [6.45, 7) is 11.5. The number of rotatable bonds is 4. The SMILES string of the molecule is [CH-]1CC1.[CH-]=C(C=[N-])c1ccc2nc(Nc3ccc(C)cc3C)c(C)c(=O)n2c1.[Li+]. The van der Waals surface area contributed by atoms with Gasteiger partial charge >= 0.3 is 18.9 Å². The zero-order valence-corrected chi connectivity index (χ0v) is 17.4. The molecule has 0 radical (unpaired) electrons. The molecule has 0 amide bonds. The molecule has 0 saturated heterocycles. The molecule has 2 heterocycles. The Morgan fingerprint density at radius 1 is 1.24 bits per heavy atom. The van der Waals surface area contributed by atoms with Gasteiger partial charge in [0.25, 0.3) is 5.56 Å². The maximum absolute atomic E-state index is 12.7. The van der Waals surface area contributed by atoms with Gasteiger partial charge < -0.3 is 23.4 Å². The van der Waals surface area contributed by atoms with Crippen LogP contribution in [0.4, 0.5) is 11.5 Å². The molecule has 6 heteroatoms. The van der Waals surface area contributed by atoms with Gasteiger partial charge in [-0.15, -0.1) is 11.6 Å². The zero-order valence-electron chi connectivity index (χ0n) is 17.4. The maximum Gasteiger partial charge on any atom is 1.00 e. The van der Waals surface area contributed by atoms with Crippen LogP contribution in [0.1, 0.15) is 35.1 Å². The summed E-state index contributed by atoms with van der Waals surface area (Å²) in [5, 5.41) is 12.3. The van der Waals surface area contributed by atoms with Crippen LogP contribution in [0, 0.1) is 33.8 Å². The van der Waals surface area contributed by atoms with Crippen molar-refractivity contribution in [1.29, 1.82) is 0 Å². The number of pyridine rings is 1. The Morgan fingerprint density at radius 3 is 2.52 bits per heavy atom. The molecule has 1 fully saturated rings. The van der Waals surface area contributed by atoms with Crippen molar-refractivity contribution in [2.75, 3.05) is 5.32 Å². The molecular formula is C23H23LiN4O-2. The fourth-order valence-corrected chi connectivity index (χ4v) is 2.68. The summed E-state index contributed by atoms with van der Waals surface area (Å²) in [5.74, 6) is 0.523. The molecule has 1 aliphatic carbocycles. The Bertz CT molecular complexity index is 1110. The minimum absolute atomic E-state index is 0. The summed E-state index contributed by atoms with van der Waals surface area (Å²) in [4.78, 5) is 17.3. The molecule has 144 valence electrons. The van der Waals surface area contributed by atoms with Crippen molar-refractivity contribution in [2.45, 2.75) is 33.6 Å². The van der Waals surface area contributed by atoms with Gasteiger partial charge in [0, 0.05) is 5.69 Å². The standard InChI is InChI=1S/C20H18N4O.C3H5.Li/c1-12-5-7-17(13(2)9-12)22-19-15(4)20(25)24-11-16(14(3)10-21)6-8-18(24)23-19;1-2-3-1;/h3,5-11,22H,1-2,4H3;1H,2-3H2;/q-2;-1;+1. The van der Waals surface area contributed by atoms with E-state index in [-0.39, 0.29) is 30.0 Å². The van der Waals surface area contributed by atoms with Gasteiger partial charge in [-0.25, -0.2) is 30.0 Å². The molecule has 0 unspecified atom stereocenters. The first-order valence-electron chi connectivity index (χ1n) is 9.20. The average Bonchev–Trinajstić information content (AvgIpc) is 3.56. The molecule has 2 aromatic heterocycles. The Hall–Kier alpha value is -2.61. The van der Waals surface area contributed by atoms with Crippen LogP contribution in [0.3, 0.4) is 0 Å². The van der Waals surface area contributed by atoms with Crippen LogP contribution in [0.25, 0.3) is 16.6 Å². The van der Waals surface area contributed by atoms with E-state index in [0.29, 0.717) is 22.6 Å². The number of anilines is 2. The number of nitrogens with one attached hydrogen (secondary N) is 1. The van der Waals surface area contributed by atoms with Gasteiger partial charge in [-0.1, -0.05) is 17.7 Å². The quantitative estimate of drug-likeness (QED) is 0.428. The summed E-state index contributed by atoms with van der Waals surface area (Å²) in [6.07, 6.45) is 7.38. The average molecular weight is 378 g/mol. The number of allylic oxidation sites excluding steroid dienone is 1. The van der Waals surface area contributed by atoms with Crippen LogP contribution in [-0.4, -0.2) is 15.6 Å². The van der Waals surface area contributed by atoms with Gasteiger partial charge in [0.05, 0.1) is 5.56 Å². The Morgan fingerprint density at radius 2 is 1.93 bits per heavy atom. The number of nitrogens with zero attached hydrogens (tertiary/aromatic N) is 3. The van der Waals surface area contributed by atoms with Crippen molar-refractivity contribution in [1.82, 2.24) is 9.38 Å². The molecule has 3 aromatic rings. The van der Waals surface area contributed by atoms with Gasteiger partial charge in [-0.05, 0) is 44.7 Å². The number of benzene rings is 1. The molecular weight excluding hydrogens is 355 g/mol. The van der Waals surface area contributed by atoms with Gasteiger partial charge in [0.1, 0.15) is 11.5 Å². The van der Waals surface area contributed by atoms with Crippen molar-refractivity contribution < 1.29 is 18.9 Å². The monoisotopic (exact) mass is 378 g/mol. The Labute approximate surface area is 183 Å². The van der Waals surface area contributed by atoms with Gasteiger partial charge in [0.15, 0.2) is 0 Å². The van der Waals surface area contributed by atoms with Crippen LogP contribution >= 0.6 is 0 Å². The van der Waals surface area contributed by atoms with E-state index in [9.17, 15) is 4.79 Å².